The number of nitrogens with two attached hydrogens (primary N) is 1. The number of carbonyl (C=O) groups excluding carboxylic acids is 3. The molecular formula is C26H25N3O6. The third-order valence-corrected chi connectivity index (χ3v) is 5.50. The van der Waals surface area contributed by atoms with Gasteiger partial charge in [0.15, 0.2) is 0 Å². The highest BCUT2D eigenvalue weighted by Crippen LogP contribution is 2.44. The van der Waals surface area contributed by atoms with Gasteiger partial charge >= 0.3 is 17.9 Å². The molecule has 2 aromatic rings. The number of nitriles is 1. The maximum absolute atomic E-state index is 13.2. The first-order valence-electron chi connectivity index (χ1n) is 10.7. The Bertz CT molecular complexity index is 1270. The second-order valence-corrected chi connectivity index (χ2v) is 7.58. The van der Waals surface area contributed by atoms with Gasteiger partial charge in [-0.25, -0.2) is 14.4 Å². The van der Waals surface area contributed by atoms with Crippen molar-refractivity contribution < 1.29 is 28.6 Å². The molecule has 9 heteroatoms. The van der Waals surface area contributed by atoms with Crippen molar-refractivity contribution >= 4 is 23.6 Å². The summed E-state index contributed by atoms with van der Waals surface area (Å²) in [5.74, 6) is -3.55. The summed E-state index contributed by atoms with van der Waals surface area (Å²) >= 11 is 0. The molecule has 1 atom stereocenters. The fourth-order valence-electron chi connectivity index (χ4n) is 3.98. The van der Waals surface area contributed by atoms with Crippen LogP contribution in [0, 0.1) is 18.3 Å². The average molecular weight is 476 g/mol. The number of rotatable bonds is 6. The molecule has 0 saturated carbocycles. The minimum atomic E-state index is -1.00. The Morgan fingerprint density at radius 1 is 1.03 bits per heavy atom. The molecule has 0 aliphatic carbocycles. The van der Waals surface area contributed by atoms with Gasteiger partial charge in [-0.05, 0) is 31.5 Å². The second-order valence-electron chi connectivity index (χ2n) is 7.58. The molecule has 1 heterocycles. The Balaban J connectivity index is 2.45. The van der Waals surface area contributed by atoms with Crippen LogP contribution in [0.15, 0.2) is 71.2 Å². The van der Waals surface area contributed by atoms with Crippen LogP contribution in [0.1, 0.15) is 34.3 Å². The number of hydrogen-bond donors (Lipinski definition) is 1. The van der Waals surface area contributed by atoms with Crippen molar-refractivity contribution in [2.45, 2.75) is 19.8 Å². The number of anilines is 1. The standard InChI is InChI=1S/C26H25N3O6/c1-5-35-24(30)17-13-15(2)11-12-19(17)29-22(26(32)34-4)21(25(31)33-3)20(18(14-27)23(29)28)16-9-7-6-8-10-16/h6-13,20H,5,28H2,1-4H3. The molecule has 1 aliphatic heterocycles. The number of methoxy groups -OCH3 is 2. The highest BCUT2D eigenvalue weighted by molar-refractivity contribution is 6.08. The van der Waals surface area contributed by atoms with E-state index < -0.39 is 23.8 Å². The van der Waals surface area contributed by atoms with Crippen molar-refractivity contribution in [3.8, 4) is 6.07 Å². The van der Waals surface area contributed by atoms with Gasteiger partial charge in [-0.3, -0.25) is 4.90 Å². The fourth-order valence-corrected chi connectivity index (χ4v) is 3.98. The van der Waals surface area contributed by atoms with E-state index in [0.29, 0.717) is 5.56 Å². The van der Waals surface area contributed by atoms with Crippen LogP contribution < -0.4 is 10.6 Å². The first kappa shape index (κ1) is 25.1. The number of carbonyl (C=O) groups is 3. The van der Waals surface area contributed by atoms with Crippen molar-refractivity contribution in [3.05, 3.63) is 87.9 Å². The quantitative estimate of drug-likeness (QED) is 0.494. The van der Waals surface area contributed by atoms with Gasteiger partial charge in [0.25, 0.3) is 0 Å². The SMILES string of the molecule is CCOC(=O)c1cc(C)ccc1N1C(N)=C(C#N)C(c2ccccc2)C(C(=O)OC)=C1C(=O)OC. The molecule has 3 rings (SSSR count). The van der Waals surface area contributed by atoms with Crippen LogP contribution in [0.4, 0.5) is 5.69 Å². The Kier molecular flexibility index (Phi) is 7.56. The third-order valence-electron chi connectivity index (χ3n) is 5.50. The third kappa shape index (κ3) is 4.59. The molecule has 0 aromatic heterocycles. The van der Waals surface area contributed by atoms with Gasteiger partial charge < -0.3 is 19.9 Å². The lowest BCUT2D eigenvalue weighted by atomic mass is 9.80. The van der Waals surface area contributed by atoms with E-state index in [4.69, 9.17) is 19.9 Å². The van der Waals surface area contributed by atoms with Crippen LogP contribution in [-0.4, -0.2) is 38.7 Å². The molecule has 0 spiro atoms. The summed E-state index contributed by atoms with van der Waals surface area (Å²) in [5.41, 5.74) is 7.62. The van der Waals surface area contributed by atoms with E-state index in [1.807, 2.05) is 0 Å². The maximum Gasteiger partial charge on any atom is 0.355 e. The maximum atomic E-state index is 13.2. The molecule has 180 valence electrons. The lowest BCUT2D eigenvalue weighted by Gasteiger charge is -2.36. The summed E-state index contributed by atoms with van der Waals surface area (Å²) in [7, 11) is 2.32. The monoisotopic (exact) mass is 475 g/mol. The number of nitrogens with zero attached hydrogens (tertiary/aromatic N) is 2. The van der Waals surface area contributed by atoms with E-state index in [9.17, 15) is 19.6 Å². The van der Waals surface area contributed by atoms with Gasteiger partial charge in [-0.1, -0.05) is 42.0 Å². The predicted octanol–water partition coefficient (Wildman–Crippen LogP) is 3.07. The second kappa shape index (κ2) is 10.6. The minimum absolute atomic E-state index is 0.000336. The van der Waals surface area contributed by atoms with E-state index in [-0.39, 0.29) is 40.5 Å². The number of allylic oxidation sites excluding steroid dienone is 1. The molecule has 0 radical (unpaired) electrons. The van der Waals surface area contributed by atoms with Gasteiger partial charge in [-0.2, -0.15) is 5.26 Å². The summed E-state index contributed by atoms with van der Waals surface area (Å²) in [5, 5.41) is 10.1. The van der Waals surface area contributed by atoms with E-state index in [1.165, 1.54) is 12.0 Å². The summed E-state index contributed by atoms with van der Waals surface area (Å²) in [4.78, 5) is 40.3. The molecule has 0 fully saturated rings. The molecule has 0 amide bonds. The van der Waals surface area contributed by atoms with E-state index in [0.717, 1.165) is 12.7 Å². The zero-order valence-corrected chi connectivity index (χ0v) is 19.8. The normalized spacial score (nSPS) is 15.4. The molecule has 35 heavy (non-hydrogen) atoms. The van der Waals surface area contributed by atoms with Crippen LogP contribution in [0.2, 0.25) is 0 Å². The molecule has 0 bridgehead atoms. The Morgan fingerprint density at radius 2 is 1.69 bits per heavy atom. The lowest BCUT2D eigenvalue weighted by Crippen LogP contribution is -2.41. The van der Waals surface area contributed by atoms with Crippen LogP contribution in [0.5, 0.6) is 0 Å². The number of benzene rings is 2. The van der Waals surface area contributed by atoms with Gasteiger partial charge in [0, 0.05) is 0 Å². The molecule has 2 aromatic carbocycles. The van der Waals surface area contributed by atoms with Crippen molar-refractivity contribution in [3.63, 3.8) is 0 Å². The Hall–Kier alpha value is -4.58. The van der Waals surface area contributed by atoms with E-state index in [2.05, 4.69) is 6.07 Å². The molecule has 9 nitrogen and oxygen atoms in total. The van der Waals surface area contributed by atoms with Crippen molar-refractivity contribution in [1.29, 1.82) is 5.26 Å². The zero-order chi connectivity index (χ0) is 25.7. The number of hydrogen-bond acceptors (Lipinski definition) is 9. The Labute approximate surface area is 203 Å². The Morgan fingerprint density at radius 3 is 2.26 bits per heavy atom. The number of aryl methyl sites for hydroxylation is 1. The molecule has 0 saturated heterocycles. The largest absolute Gasteiger partial charge is 0.466 e. The van der Waals surface area contributed by atoms with Crippen LogP contribution in [0.25, 0.3) is 0 Å². The van der Waals surface area contributed by atoms with Crippen molar-refractivity contribution in [2.75, 3.05) is 25.7 Å². The van der Waals surface area contributed by atoms with Crippen LogP contribution in [0.3, 0.4) is 0 Å². The van der Waals surface area contributed by atoms with Gasteiger partial charge in [0.2, 0.25) is 0 Å². The molecule has 1 aliphatic rings. The van der Waals surface area contributed by atoms with Crippen molar-refractivity contribution in [2.24, 2.45) is 5.73 Å². The van der Waals surface area contributed by atoms with Gasteiger partial charge in [0.05, 0.1) is 55.2 Å². The van der Waals surface area contributed by atoms with E-state index >= 15 is 0 Å². The van der Waals surface area contributed by atoms with Gasteiger partial charge in [0.1, 0.15) is 11.5 Å². The highest BCUT2D eigenvalue weighted by atomic mass is 16.5. The molecule has 1 unspecified atom stereocenters. The first-order valence-corrected chi connectivity index (χ1v) is 10.7. The molecular weight excluding hydrogens is 450 g/mol. The average Bonchev–Trinajstić information content (AvgIpc) is 2.87. The number of ether oxygens (including phenoxy) is 3. The minimum Gasteiger partial charge on any atom is -0.466 e. The number of esters is 3. The van der Waals surface area contributed by atoms with Crippen LogP contribution >= 0.6 is 0 Å². The highest BCUT2D eigenvalue weighted by Gasteiger charge is 2.43. The van der Waals surface area contributed by atoms with Gasteiger partial charge in [-0.15, -0.1) is 0 Å². The zero-order valence-electron chi connectivity index (χ0n) is 19.8. The first-order chi connectivity index (χ1) is 16.8. The summed E-state index contributed by atoms with van der Waals surface area (Å²) in [6.45, 7) is 3.56. The molecule has 2 N–H and O–H groups in total. The summed E-state index contributed by atoms with van der Waals surface area (Å²) in [6.07, 6.45) is 0. The van der Waals surface area contributed by atoms with Crippen LogP contribution in [-0.2, 0) is 23.8 Å². The smallest absolute Gasteiger partial charge is 0.355 e. The lowest BCUT2D eigenvalue weighted by molar-refractivity contribution is -0.139. The van der Waals surface area contributed by atoms with E-state index in [1.54, 1.807) is 62.4 Å². The van der Waals surface area contributed by atoms with Crippen molar-refractivity contribution in [1.82, 2.24) is 0 Å². The fraction of sp³-hybridized carbons (Fsp3) is 0.231. The topological polar surface area (TPSA) is 132 Å². The summed E-state index contributed by atoms with van der Waals surface area (Å²) in [6, 6.07) is 15.6. The summed E-state index contributed by atoms with van der Waals surface area (Å²) < 4.78 is 15.2. The predicted molar refractivity (Wildman–Crippen MR) is 127 cm³/mol.